The average Bonchev–Trinajstić information content (AvgIpc) is 2.45. The summed E-state index contributed by atoms with van der Waals surface area (Å²) < 4.78 is 0. The zero-order valence-electron chi connectivity index (χ0n) is 12.6. The molecule has 1 aromatic carbocycles. The molecular weight excluding hydrogens is 246 g/mol. The first-order valence-electron chi connectivity index (χ1n) is 8.02. The second kappa shape index (κ2) is 5.69. The van der Waals surface area contributed by atoms with Crippen LogP contribution in [0, 0.1) is 19.8 Å². The van der Waals surface area contributed by atoms with Crippen molar-refractivity contribution in [2.24, 2.45) is 5.92 Å². The summed E-state index contributed by atoms with van der Waals surface area (Å²) in [6.07, 6.45) is 7.52. The fraction of sp³-hybridized carbons (Fsp3) is 0.611. The molecule has 0 spiro atoms. The minimum Gasteiger partial charge on any atom is -0.304 e. The highest BCUT2D eigenvalue weighted by Crippen LogP contribution is 2.33. The van der Waals surface area contributed by atoms with Crippen molar-refractivity contribution in [3.05, 3.63) is 34.9 Å². The first-order valence-corrected chi connectivity index (χ1v) is 8.02. The van der Waals surface area contributed by atoms with Crippen LogP contribution in [0.3, 0.4) is 0 Å². The van der Waals surface area contributed by atoms with E-state index in [-0.39, 0.29) is 6.04 Å². The summed E-state index contributed by atoms with van der Waals surface area (Å²) in [4.78, 5) is 12.7. The van der Waals surface area contributed by atoms with Crippen LogP contribution in [0.5, 0.6) is 0 Å². The molecule has 0 aromatic heterocycles. The Morgan fingerprint density at radius 1 is 1.00 bits per heavy atom. The van der Waals surface area contributed by atoms with Gasteiger partial charge in [-0.3, -0.25) is 4.79 Å². The van der Waals surface area contributed by atoms with E-state index < -0.39 is 0 Å². The molecule has 2 aliphatic rings. The van der Waals surface area contributed by atoms with Crippen molar-refractivity contribution in [1.82, 2.24) is 5.32 Å². The Kier molecular flexibility index (Phi) is 3.93. The van der Waals surface area contributed by atoms with Crippen molar-refractivity contribution in [1.29, 1.82) is 0 Å². The number of nitrogens with one attached hydrogen (secondary N) is 1. The van der Waals surface area contributed by atoms with Crippen LogP contribution in [0.25, 0.3) is 0 Å². The molecule has 3 rings (SSSR count). The Morgan fingerprint density at radius 3 is 2.45 bits per heavy atom. The van der Waals surface area contributed by atoms with Crippen LogP contribution in [-0.4, -0.2) is 17.9 Å². The lowest BCUT2D eigenvalue weighted by atomic mass is 9.77. The predicted molar refractivity (Wildman–Crippen MR) is 82.2 cm³/mol. The summed E-state index contributed by atoms with van der Waals surface area (Å²) in [5, 5.41) is 3.64. The zero-order valence-corrected chi connectivity index (χ0v) is 12.6. The predicted octanol–water partition coefficient (Wildman–Crippen LogP) is 3.80. The maximum Gasteiger partial charge on any atom is 0.179 e. The van der Waals surface area contributed by atoms with E-state index in [1.54, 1.807) is 0 Å². The number of rotatable bonds is 2. The van der Waals surface area contributed by atoms with Crippen LogP contribution in [-0.2, 0) is 0 Å². The minimum atomic E-state index is 0.0375. The van der Waals surface area contributed by atoms with Gasteiger partial charge in [-0.1, -0.05) is 30.0 Å². The number of benzene rings is 1. The Morgan fingerprint density at radius 2 is 1.70 bits per heavy atom. The molecule has 3 unspecified atom stereocenters. The van der Waals surface area contributed by atoms with Crippen molar-refractivity contribution < 1.29 is 4.79 Å². The van der Waals surface area contributed by atoms with Gasteiger partial charge in [0.05, 0.1) is 6.04 Å². The molecule has 0 bridgehead atoms. The van der Waals surface area contributed by atoms with E-state index >= 15 is 0 Å². The van der Waals surface area contributed by atoms with Crippen LogP contribution in [0.1, 0.15) is 60.0 Å². The second-order valence-corrected chi connectivity index (χ2v) is 6.69. The highest BCUT2D eigenvalue weighted by molar-refractivity contribution is 6.00. The molecule has 1 heterocycles. The van der Waals surface area contributed by atoms with Gasteiger partial charge in [-0.15, -0.1) is 0 Å². The molecule has 2 heteroatoms. The van der Waals surface area contributed by atoms with Gasteiger partial charge >= 0.3 is 0 Å². The summed E-state index contributed by atoms with van der Waals surface area (Å²) in [5.74, 6) is 1.10. The smallest absolute Gasteiger partial charge is 0.179 e. The third kappa shape index (κ3) is 2.80. The van der Waals surface area contributed by atoms with Crippen LogP contribution in [0.15, 0.2) is 18.2 Å². The average molecular weight is 271 g/mol. The van der Waals surface area contributed by atoms with Crippen LogP contribution in [0.4, 0.5) is 0 Å². The maximum atomic E-state index is 12.7. The third-order valence-electron chi connectivity index (χ3n) is 4.97. The molecule has 1 aromatic rings. The van der Waals surface area contributed by atoms with E-state index in [1.165, 1.54) is 43.2 Å². The minimum absolute atomic E-state index is 0.0375. The van der Waals surface area contributed by atoms with Gasteiger partial charge in [0.15, 0.2) is 5.78 Å². The van der Waals surface area contributed by atoms with E-state index in [0.29, 0.717) is 11.8 Å². The van der Waals surface area contributed by atoms with E-state index in [9.17, 15) is 4.79 Å². The lowest BCUT2D eigenvalue weighted by molar-refractivity contribution is 0.0861. The molecule has 1 saturated heterocycles. The molecule has 1 aliphatic heterocycles. The number of aryl methyl sites for hydroxylation is 2. The fourth-order valence-electron chi connectivity index (χ4n) is 4.02. The lowest BCUT2D eigenvalue weighted by Crippen LogP contribution is -2.52. The van der Waals surface area contributed by atoms with E-state index in [2.05, 4.69) is 25.2 Å². The monoisotopic (exact) mass is 271 g/mol. The van der Waals surface area contributed by atoms with Crippen LogP contribution in [0.2, 0.25) is 0 Å². The molecule has 1 aliphatic carbocycles. The lowest BCUT2D eigenvalue weighted by Gasteiger charge is -2.40. The summed E-state index contributed by atoms with van der Waals surface area (Å²) in [6, 6.07) is 6.81. The summed E-state index contributed by atoms with van der Waals surface area (Å²) in [5.41, 5.74) is 3.24. The molecule has 2 fully saturated rings. The number of fused-ring (bicyclic) bond motifs is 1. The van der Waals surface area contributed by atoms with Gasteiger partial charge in [-0.25, -0.2) is 0 Å². The first kappa shape index (κ1) is 13.8. The summed E-state index contributed by atoms with van der Waals surface area (Å²) >= 11 is 0. The van der Waals surface area contributed by atoms with Crippen molar-refractivity contribution in [2.45, 2.75) is 64.5 Å². The van der Waals surface area contributed by atoms with Crippen molar-refractivity contribution in [2.75, 3.05) is 0 Å². The number of carbonyl (C=O) groups is 1. The summed E-state index contributed by atoms with van der Waals surface area (Å²) in [7, 11) is 0. The van der Waals surface area contributed by atoms with E-state index in [1.807, 2.05) is 12.1 Å². The fourth-order valence-corrected chi connectivity index (χ4v) is 4.02. The number of piperidine rings is 1. The van der Waals surface area contributed by atoms with E-state index in [0.717, 1.165) is 17.9 Å². The molecule has 0 radical (unpaired) electrons. The van der Waals surface area contributed by atoms with Gasteiger partial charge in [0, 0.05) is 11.6 Å². The highest BCUT2D eigenvalue weighted by atomic mass is 16.1. The SMILES string of the molecule is Cc1cc(C)cc(C(=O)C2CCC3CCCCC3N2)c1. The standard InChI is InChI=1S/C18H25NO/c1-12-9-13(2)11-15(10-12)18(20)17-8-7-14-5-3-4-6-16(14)19-17/h9-11,14,16-17,19H,3-8H2,1-2H3. The molecule has 1 N–H and O–H groups in total. The zero-order chi connectivity index (χ0) is 14.1. The molecule has 108 valence electrons. The Bertz CT molecular complexity index is 488. The molecule has 2 nitrogen and oxygen atoms in total. The highest BCUT2D eigenvalue weighted by Gasteiger charge is 2.34. The van der Waals surface area contributed by atoms with Gasteiger partial charge in [-0.05, 0) is 57.6 Å². The Hall–Kier alpha value is -1.15. The number of hydrogen-bond acceptors (Lipinski definition) is 2. The molecular formula is C18H25NO. The topological polar surface area (TPSA) is 29.1 Å². The number of hydrogen-bond donors (Lipinski definition) is 1. The van der Waals surface area contributed by atoms with Gasteiger partial charge in [-0.2, -0.15) is 0 Å². The molecule has 3 atom stereocenters. The van der Waals surface area contributed by atoms with Crippen molar-refractivity contribution >= 4 is 5.78 Å². The second-order valence-electron chi connectivity index (χ2n) is 6.69. The van der Waals surface area contributed by atoms with Crippen LogP contribution < -0.4 is 5.32 Å². The molecule has 20 heavy (non-hydrogen) atoms. The largest absolute Gasteiger partial charge is 0.304 e. The normalized spacial score (nSPS) is 29.8. The quantitative estimate of drug-likeness (QED) is 0.829. The Balaban J connectivity index is 1.74. The van der Waals surface area contributed by atoms with Crippen molar-refractivity contribution in [3.63, 3.8) is 0 Å². The maximum absolute atomic E-state index is 12.7. The van der Waals surface area contributed by atoms with Crippen LogP contribution >= 0.6 is 0 Å². The number of ketones is 1. The molecule has 0 amide bonds. The van der Waals surface area contributed by atoms with Gasteiger partial charge < -0.3 is 5.32 Å². The number of Topliss-reactive ketones (excluding diaryl/α,β-unsaturated/α-hetero) is 1. The third-order valence-corrected chi connectivity index (χ3v) is 4.97. The number of carbonyl (C=O) groups excluding carboxylic acids is 1. The Labute approximate surface area is 122 Å². The van der Waals surface area contributed by atoms with Gasteiger partial charge in [0.25, 0.3) is 0 Å². The first-order chi connectivity index (χ1) is 9.63. The van der Waals surface area contributed by atoms with Crippen molar-refractivity contribution in [3.8, 4) is 0 Å². The van der Waals surface area contributed by atoms with E-state index in [4.69, 9.17) is 0 Å². The van der Waals surface area contributed by atoms with Gasteiger partial charge in [0.2, 0.25) is 0 Å². The van der Waals surface area contributed by atoms with Gasteiger partial charge in [0.1, 0.15) is 0 Å². The summed E-state index contributed by atoms with van der Waals surface area (Å²) in [6.45, 7) is 4.13. The molecule has 1 saturated carbocycles.